The number of amides is 1. The van der Waals surface area contributed by atoms with Crippen LogP contribution in [0.15, 0.2) is 48.7 Å². The van der Waals surface area contributed by atoms with Crippen molar-refractivity contribution in [3.63, 3.8) is 0 Å². The van der Waals surface area contributed by atoms with E-state index in [4.69, 9.17) is 16.3 Å². The fourth-order valence-corrected chi connectivity index (χ4v) is 2.45. The Balaban J connectivity index is 1.76. The summed E-state index contributed by atoms with van der Waals surface area (Å²) in [5, 5.41) is 5.58. The number of nitrogens with zero attached hydrogens (tertiary/aromatic N) is 2. The highest BCUT2D eigenvalue weighted by Gasteiger charge is 2.12. The quantitative estimate of drug-likeness (QED) is 0.674. The first kappa shape index (κ1) is 18.5. The summed E-state index contributed by atoms with van der Waals surface area (Å²) < 4.78 is 31.7. The summed E-state index contributed by atoms with van der Waals surface area (Å²) in [5.74, 6) is -1.56. The van der Waals surface area contributed by atoms with Crippen LogP contribution in [-0.4, -0.2) is 23.0 Å². The molecule has 3 aromatic rings. The van der Waals surface area contributed by atoms with Crippen LogP contribution in [0.25, 0.3) is 0 Å². The van der Waals surface area contributed by atoms with Gasteiger partial charge < -0.3 is 15.4 Å². The monoisotopic (exact) mass is 390 g/mol. The highest BCUT2D eigenvalue weighted by atomic mass is 35.5. The van der Waals surface area contributed by atoms with Crippen LogP contribution >= 0.6 is 11.6 Å². The van der Waals surface area contributed by atoms with Crippen molar-refractivity contribution in [3.8, 4) is 5.75 Å². The van der Waals surface area contributed by atoms with E-state index in [9.17, 15) is 13.6 Å². The van der Waals surface area contributed by atoms with Crippen molar-refractivity contribution in [1.29, 1.82) is 0 Å². The fourth-order valence-electron chi connectivity index (χ4n) is 2.20. The Hall–Kier alpha value is -3.26. The number of rotatable bonds is 5. The number of benzene rings is 2. The van der Waals surface area contributed by atoms with Crippen molar-refractivity contribution >= 4 is 34.8 Å². The summed E-state index contributed by atoms with van der Waals surface area (Å²) in [6.45, 7) is 0. The van der Waals surface area contributed by atoms with Gasteiger partial charge in [-0.3, -0.25) is 4.79 Å². The summed E-state index contributed by atoms with van der Waals surface area (Å²) in [5.41, 5.74) is 0.473. The number of nitrogens with one attached hydrogen (secondary N) is 2. The molecule has 1 aromatic heterocycles. The van der Waals surface area contributed by atoms with E-state index in [-0.39, 0.29) is 17.3 Å². The van der Waals surface area contributed by atoms with Crippen LogP contribution in [0.4, 0.5) is 26.1 Å². The Bertz CT molecular complexity index is 1000. The zero-order chi connectivity index (χ0) is 19.4. The van der Waals surface area contributed by atoms with Gasteiger partial charge >= 0.3 is 0 Å². The lowest BCUT2D eigenvalue weighted by Crippen LogP contribution is -2.15. The number of hydrogen-bond donors (Lipinski definition) is 2. The van der Waals surface area contributed by atoms with Crippen LogP contribution in [0.5, 0.6) is 5.75 Å². The third-order valence-electron chi connectivity index (χ3n) is 3.48. The SMILES string of the molecule is COc1ccc(NC(=O)c2ccnc(Nc3ccc(F)cc3F)n2)cc1Cl. The lowest BCUT2D eigenvalue weighted by molar-refractivity contribution is 0.102. The Morgan fingerprint density at radius 2 is 1.96 bits per heavy atom. The number of anilines is 3. The lowest BCUT2D eigenvalue weighted by Gasteiger charge is -2.09. The van der Waals surface area contributed by atoms with Gasteiger partial charge in [-0.1, -0.05) is 11.6 Å². The number of ether oxygens (including phenoxy) is 1. The van der Waals surface area contributed by atoms with Crippen LogP contribution in [0, 0.1) is 11.6 Å². The molecule has 6 nitrogen and oxygen atoms in total. The fraction of sp³-hybridized carbons (Fsp3) is 0.0556. The summed E-state index contributed by atoms with van der Waals surface area (Å²) in [6.07, 6.45) is 1.34. The van der Waals surface area contributed by atoms with Gasteiger partial charge in [0.25, 0.3) is 5.91 Å². The second-order valence-corrected chi connectivity index (χ2v) is 5.73. The molecule has 0 fully saturated rings. The van der Waals surface area contributed by atoms with Gasteiger partial charge in [0.05, 0.1) is 17.8 Å². The van der Waals surface area contributed by atoms with Crippen LogP contribution in [0.2, 0.25) is 5.02 Å². The summed E-state index contributed by atoms with van der Waals surface area (Å²) in [4.78, 5) is 20.3. The van der Waals surface area contributed by atoms with Crippen molar-refractivity contribution in [3.05, 3.63) is 71.0 Å². The van der Waals surface area contributed by atoms with Crippen LogP contribution < -0.4 is 15.4 Å². The Morgan fingerprint density at radius 3 is 2.67 bits per heavy atom. The van der Waals surface area contributed by atoms with Crippen molar-refractivity contribution in [2.45, 2.75) is 0 Å². The molecule has 0 aliphatic rings. The van der Waals surface area contributed by atoms with Gasteiger partial charge in [0.15, 0.2) is 0 Å². The van der Waals surface area contributed by atoms with Crippen molar-refractivity contribution in [2.75, 3.05) is 17.7 Å². The molecule has 9 heteroatoms. The molecule has 0 atom stereocenters. The Labute approximate surface area is 158 Å². The van der Waals surface area contributed by atoms with E-state index >= 15 is 0 Å². The van der Waals surface area contributed by atoms with Crippen LogP contribution in [-0.2, 0) is 0 Å². The summed E-state index contributed by atoms with van der Waals surface area (Å²) >= 11 is 6.03. The number of carbonyl (C=O) groups excluding carboxylic acids is 1. The second-order valence-electron chi connectivity index (χ2n) is 5.32. The number of carbonyl (C=O) groups is 1. The molecule has 0 unspecified atom stereocenters. The molecule has 0 spiro atoms. The minimum atomic E-state index is -0.804. The predicted octanol–water partition coefficient (Wildman–Crippen LogP) is 4.41. The highest BCUT2D eigenvalue weighted by Crippen LogP contribution is 2.27. The molecule has 0 radical (unpaired) electrons. The van der Waals surface area contributed by atoms with Crippen molar-refractivity contribution in [2.24, 2.45) is 0 Å². The van der Waals surface area contributed by atoms with E-state index in [0.717, 1.165) is 12.1 Å². The molecule has 27 heavy (non-hydrogen) atoms. The Kier molecular flexibility index (Phi) is 5.46. The summed E-state index contributed by atoms with van der Waals surface area (Å²) in [6, 6.07) is 9.19. The van der Waals surface area contributed by atoms with Gasteiger partial charge in [-0.25, -0.2) is 18.7 Å². The molecule has 0 bridgehead atoms. The molecule has 0 saturated carbocycles. The second kappa shape index (κ2) is 7.96. The van der Waals surface area contributed by atoms with E-state index in [1.807, 2.05) is 0 Å². The summed E-state index contributed by atoms with van der Waals surface area (Å²) in [7, 11) is 1.48. The molecule has 2 N–H and O–H groups in total. The van der Waals surface area contributed by atoms with Crippen LogP contribution in [0.3, 0.4) is 0 Å². The standard InChI is InChI=1S/C18H13ClF2N4O2/c1-27-16-5-3-11(9-12(16)19)23-17(26)15-6-7-22-18(25-15)24-14-4-2-10(20)8-13(14)21/h2-9H,1H3,(H,23,26)(H,22,24,25). The first-order valence-electron chi connectivity index (χ1n) is 7.66. The van der Waals surface area contributed by atoms with Gasteiger partial charge in [-0.2, -0.15) is 0 Å². The van der Waals surface area contributed by atoms with Gasteiger partial charge in [0.2, 0.25) is 5.95 Å². The maximum Gasteiger partial charge on any atom is 0.274 e. The van der Waals surface area contributed by atoms with Crippen molar-refractivity contribution in [1.82, 2.24) is 9.97 Å². The molecular weight excluding hydrogens is 378 g/mol. The number of halogens is 3. The molecule has 0 aliphatic heterocycles. The van der Waals surface area contributed by atoms with E-state index in [1.54, 1.807) is 12.1 Å². The smallest absolute Gasteiger partial charge is 0.274 e. The zero-order valence-electron chi connectivity index (χ0n) is 14.0. The van der Waals surface area contributed by atoms with E-state index < -0.39 is 17.5 Å². The van der Waals surface area contributed by atoms with Gasteiger partial charge in [0.1, 0.15) is 23.1 Å². The minimum Gasteiger partial charge on any atom is -0.495 e. The predicted molar refractivity (Wildman–Crippen MR) is 97.6 cm³/mol. The van der Waals surface area contributed by atoms with Gasteiger partial charge in [-0.05, 0) is 36.4 Å². The maximum atomic E-state index is 13.7. The Morgan fingerprint density at radius 1 is 1.15 bits per heavy atom. The molecule has 3 rings (SSSR count). The van der Waals surface area contributed by atoms with E-state index in [2.05, 4.69) is 20.6 Å². The molecule has 0 aliphatic carbocycles. The normalized spacial score (nSPS) is 10.4. The average molecular weight is 391 g/mol. The van der Waals surface area contributed by atoms with E-state index in [1.165, 1.54) is 31.5 Å². The minimum absolute atomic E-state index is 0.0130. The molecule has 1 heterocycles. The van der Waals surface area contributed by atoms with Crippen molar-refractivity contribution < 1.29 is 18.3 Å². The number of hydrogen-bond acceptors (Lipinski definition) is 5. The average Bonchev–Trinajstić information content (AvgIpc) is 2.64. The number of methoxy groups -OCH3 is 1. The largest absolute Gasteiger partial charge is 0.495 e. The van der Waals surface area contributed by atoms with Crippen LogP contribution in [0.1, 0.15) is 10.5 Å². The highest BCUT2D eigenvalue weighted by molar-refractivity contribution is 6.32. The third kappa shape index (κ3) is 4.48. The van der Waals surface area contributed by atoms with Gasteiger partial charge in [-0.15, -0.1) is 0 Å². The lowest BCUT2D eigenvalue weighted by atomic mass is 10.3. The zero-order valence-corrected chi connectivity index (χ0v) is 14.7. The molecule has 1 amide bonds. The number of aromatic nitrogens is 2. The maximum absolute atomic E-state index is 13.7. The topological polar surface area (TPSA) is 76.1 Å². The molecule has 138 valence electrons. The van der Waals surface area contributed by atoms with Gasteiger partial charge in [0, 0.05) is 18.0 Å². The molecule has 2 aromatic carbocycles. The first-order chi connectivity index (χ1) is 13.0. The van der Waals surface area contributed by atoms with E-state index in [0.29, 0.717) is 16.5 Å². The molecule has 0 saturated heterocycles. The first-order valence-corrected chi connectivity index (χ1v) is 8.04. The third-order valence-corrected chi connectivity index (χ3v) is 3.77. The molecular formula is C18H13ClF2N4O2.